The summed E-state index contributed by atoms with van der Waals surface area (Å²) in [5, 5.41) is 3.90. The van der Waals surface area contributed by atoms with Crippen LogP contribution in [0.3, 0.4) is 0 Å². The lowest BCUT2D eigenvalue weighted by molar-refractivity contribution is 0.348. The molecule has 90 valence electrons. The smallest absolute Gasteiger partial charge is 0.00952 e. The van der Waals surface area contributed by atoms with Crippen molar-refractivity contribution in [1.82, 2.24) is 5.32 Å². The fourth-order valence-electron chi connectivity index (χ4n) is 2.50. The number of nitrogens with one attached hydrogen (secondary N) is 1. The van der Waals surface area contributed by atoms with Gasteiger partial charge in [-0.15, -0.1) is 0 Å². The molecule has 1 aliphatic carbocycles. The molecular formula is C14H29N. The van der Waals surface area contributed by atoms with Crippen LogP contribution in [0.15, 0.2) is 0 Å². The second kappa shape index (κ2) is 7.27. The minimum Gasteiger partial charge on any atom is -0.311 e. The van der Waals surface area contributed by atoms with Crippen LogP contribution in [-0.4, -0.2) is 12.1 Å². The van der Waals surface area contributed by atoms with Crippen molar-refractivity contribution in [1.29, 1.82) is 0 Å². The van der Waals surface area contributed by atoms with Crippen molar-refractivity contribution in [3.63, 3.8) is 0 Å². The van der Waals surface area contributed by atoms with Crippen molar-refractivity contribution in [2.75, 3.05) is 0 Å². The van der Waals surface area contributed by atoms with E-state index in [1.54, 1.807) is 0 Å². The van der Waals surface area contributed by atoms with Crippen LogP contribution in [0.25, 0.3) is 0 Å². The van der Waals surface area contributed by atoms with Gasteiger partial charge in [-0.05, 0) is 38.0 Å². The highest BCUT2D eigenvalue weighted by Gasteiger charge is 2.30. The maximum Gasteiger partial charge on any atom is 0.00952 e. The first kappa shape index (κ1) is 13.0. The van der Waals surface area contributed by atoms with E-state index < -0.39 is 0 Å². The molecule has 1 N–H and O–H groups in total. The van der Waals surface area contributed by atoms with E-state index in [9.17, 15) is 0 Å². The highest BCUT2D eigenvalue weighted by atomic mass is 15.0. The molecule has 1 saturated carbocycles. The Balaban J connectivity index is 2.26. The van der Waals surface area contributed by atoms with E-state index in [0.29, 0.717) is 0 Å². The number of hydrogen-bond acceptors (Lipinski definition) is 1. The Kier molecular flexibility index (Phi) is 6.31. The summed E-state index contributed by atoms with van der Waals surface area (Å²) in [5.74, 6) is 1.01. The quantitative estimate of drug-likeness (QED) is 0.605. The van der Waals surface area contributed by atoms with E-state index in [0.717, 1.165) is 18.0 Å². The Morgan fingerprint density at radius 3 is 2.27 bits per heavy atom. The van der Waals surface area contributed by atoms with Crippen molar-refractivity contribution in [3.05, 3.63) is 0 Å². The van der Waals surface area contributed by atoms with E-state index in [-0.39, 0.29) is 0 Å². The molecule has 1 rings (SSSR count). The van der Waals surface area contributed by atoms with Crippen LogP contribution in [-0.2, 0) is 0 Å². The maximum atomic E-state index is 3.90. The molecule has 0 bridgehead atoms. The average Bonchev–Trinajstić information content (AvgIpc) is 3.06. The van der Waals surface area contributed by atoms with Crippen molar-refractivity contribution in [3.8, 4) is 0 Å². The normalized spacial score (nSPS) is 20.2. The molecule has 0 aromatic rings. The molecule has 0 aromatic heterocycles. The Morgan fingerprint density at radius 2 is 1.80 bits per heavy atom. The summed E-state index contributed by atoms with van der Waals surface area (Å²) in [6.45, 7) is 6.93. The second-order valence-electron chi connectivity index (χ2n) is 5.15. The summed E-state index contributed by atoms with van der Waals surface area (Å²) >= 11 is 0. The third-order valence-electron chi connectivity index (χ3n) is 3.62. The first-order valence-corrected chi connectivity index (χ1v) is 7.07. The molecule has 0 spiro atoms. The van der Waals surface area contributed by atoms with Crippen LogP contribution in [0.1, 0.15) is 72.1 Å². The Labute approximate surface area is 96.0 Å². The van der Waals surface area contributed by atoms with E-state index in [1.165, 1.54) is 51.4 Å². The van der Waals surface area contributed by atoms with Crippen molar-refractivity contribution >= 4 is 0 Å². The molecule has 2 atom stereocenters. The van der Waals surface area contributed by atoms with Gasteiger partial charge in [-0.3, -0.25) is 0 Å². The van der Waals surface area contributed by atoms with Crippen LogP contribution in [0, 0.1) is 5.92 Å². The van der Waals surface area contributed by atoms with E-state index in [2.05, 4.69) is 26.1 Å². The first-order chi connectivity index (χ1) is 7.31. The predicted octanol–water partition coefficient (Wildman–Crippen LogP) is 4.12. The van der Waals surface area contributed by atoms with Crippen LogP contribution in [0.5, 0.6) is 0 Å². The van der Waals surface area contributed by atoms with Crippen LogP contribution >= 0.6 is 0 Å². The SMILES string of the molecule is CCCCC(CCC)NC(CC)C1CC1. The van der Waals surface area contributed by atoms with Gasteiger partial charge in [-0.1, -0.05) is 40.0 Å². The monoisotopic (exact) mass is 211 g/mol. The molecule has 0 saturated heterocycles. The zero-order valence-corrected chi connectivity index (χ0v) is 10.9. The molecule has 15 heavy (non-hydrogen) atoms. The van der Waals surface area contributed by atoms with E-state index >= 15 is 0 Å². The van der Waals surface area contributed by atoms with Gasteiger partial charge in [0.05, 0.1) is 0 Å². The minimum absolute atomic E-state index is 0.792. The molecule has 1 heteroatoms. The lowest BCUT2D eigenvalue weighted by Crippen LogP contribution is -2.39. The molecule has 0 aromatic carbocycles. The first-order valence-electron chi connectivity index (χ1n) is 7.07. The van der Waals surface area contributed by atoms with Crippen LogP contribution in [0.4, 0.5) is 0 Å². The zero-order chi connectivity index (χ0) is 11.1. The lowest BCUT2D eigenvalue weighted by Gasteiger charge is -2.25. The van der Waals surface area contributed by atoms with Gasteiger partial charge in [-0.25, -0.2) is 0 Å². The molecule has 0 amide bonds. The van der Waals surface area contributed by atoms with Crippen molar-refractivity contribution in [2.45, 2.75) is 84.2 Å². The number of unbranched alkanes of at least 4 members (excludes halogenated alkanes) is 1. The summed E-state index contributed by atoms with van der Waals surface area (Å²) in [6.07, 6.45) is 11.0. The second-order valence-corrected chi connectivity index (χ2v) is 5.15. The van der Waals surface area contributed by atoms with Crippen LogP contribution < -0.4 is 5.32 Å². The highest BCUT2D eigenvalue weighted by Crippen LogP contribution is 2.34. The van der Waals surface area contributed by atoms with Crippen molar-refractivity contribution < 1.29 is 0 Å². The lowest BCUT2D eigenvalue weighted by atomic mass is 10.0. The molecule has 1 aliphatic rings. The van der Waals surface area contributed by atoms with Gasteiger partial charge in [0.1, 0.15) is 0 Å². The number of hydrogen-bond donors (Lipinski definition) is 1. The molecular weight excluding hydrogens is 182 g/mol. The van der Waals surface area contributed by atoms with Gasteiger partial charge >= 0.3 is 0 Å². The fraction of sp³-hybridized carbons (Fsp3) is 1.00. The Bertz CT molecular complexity index is 151. The van der Waals surface area contributed by atoms with E-state index in [1.807, 2.05) is 0 Å². The summed E-state index contributed by atoms with van der Waals surface area (Å²) in [4.78, 5) is 0. The topological polar surface area (TPSA) is 12.0 Å². The Hall–Kier alpha value is -0.0400. The van der Waals surface area contributed by atoms with Gasteiger partial charge in [0.2, 0.25) is 0 Å². The molecule has 1 nitrogen and oxygen atoms in total. The molecule has 0 heterocycles. The van der Waals surface area contributed by atoms with E-state index in [4.69, 9.17) is 0 Å². The third-order valence-corrected chi connectivity index (χ3v) is 3.62. The van der Waals surface area contributed by atoms with Gasteiger partial charge in [0, 0.05) is 12.1 Å². The summed E-state index contributed by atoms with van der Waals surface area (Å²) in [6, 6.07) is 1.61. The standard InChI is InChI=1S/C14H29N/c1-4-7-9-13(8-5-2)15-14(6-3)12-10-11-12/h12-15H,4-11H2,1-3H3. The summed E-state index contributed by atoms with van der Waals surface area (Å²) < 4.78 is 0. The third kappa shape index (κ3) is 5.01. The highest BCUT2D eigenvalue weighted by molar-refractivity contribution is 4.87. The zero-order valence-electron chi connectivity index (χ0n) is 10.9. The minimum atomic E-state index is 0.792. The molecule has 2 unspecified atom stereocenters. The average molecular weight is 211 g/mol. The maximum absolute atomic E-state index is 3.90. The van der Waals surface area contributed by atoms with Gasteiger partial charge in [0.15, 0.2) is 0 Å². The van der Waals surface area contributed by atoms with Gasteiger partial charge in [-0.2, -0.15) is 0 Å². The molecule has 1 fully saturated rings. The molecule has 0 radical (unpaired) electrons. The van der Waals surface area contributed by atoms with Crippen molar-refractivity contribution in [2.24, 2.45) is 5.92 Å². The number of rotatable bonds is 9. The summed E-state index contributed by atoms with van der Waals surface area (Å²) in [7, 11) is 0. The summed E-state index contributed by atoms with van der Waals surface area (Å²) in [5.41, 5.74) is 0. The van der Waals surface area contributed by atoms with Crippen LogP contribution in [0.2, 0.25) is 0 Å². The molecule has 0 aliphatic heterocycles. The Morgan fingerprint density at radius 1 is 1.07 bits per heavy atom. The predicted molar refractivity (Wildman–Crippen MR) is 68.2 cm³/mol. The van der Waals surface area contributed by atoms with Gasteiger partial charge in [0.25, 0.3) is 0 Å². The van der Waals surface area contributed by atoms with Gasteiger partial charge < -0.3 is 5.32 Å². The fourth-order valence-corrected chi connectivity index (χ4v) is 2.50. The largest absolute Gasteiger partial charge is 0.311 e.